The lowest BCUT2D eigenvalue weighted by molar-refractivity contribution is -0.221. The molecule has 22 heteroatoms. The van der Waals surface area contributed by atoms with Gasteiger partial charge in [0.25, 0.3) is 0 Å². The number of halogens is 4. The summed E-state index contributed by atoms with van der Waals surface area (Å²) in [5.74, 6) is 2.84. The number of aliphatic hydroxyl groups excluding tert-OH is 3. The highest BCUT2D eigenvalue weighted by Crippen LogP contribution is 2.74. The van der Waals surface area contributed by atoms with Gasteiger partial charge in [-0.1, -0.05) is 87.1 Å². The van der Waals surface area contributed by atoms with Gasteiger partial charge in [0.05, 0.1) is 43.3 Å². The number of methoxy groups -OCH3 is 1. The molecule has 8 aliphatic carbocycles. The van der Waals surface area contributed by atoms with Crippen molar-refractivity contribution in [1.29, 1.82) is 0 Å². The van der Waals surface area contributed by atoms with E-state index in [1.165, 1.54) is 74.9 Å². The van der Waals surface area contributed by atoms with Crippen LogP contribution in [0.15, 0.2) is 93.2 Å². The maximum Gasteiger partial charge on any atom is 0.508 e. The standard InChI is InChI=1S/C32H34F2O9S.C30H32F2O7S/c1-18-14-20-21-16-23(33)22-15-19(35)9-10-29(22,2)31(21,34)25(36)17-30(20,3)32(18,43-26(37)24-8-7-12-41-24)27(38)44-13-6-5-11-42-28(39)40-4;1-17-13-19-20-15-22(31)21-14-18(34)8-9-27(21,2)29(20,32)24(35)16-28(19,3)30(17,26(37)40-12-5-4-10-33)39-25(36)23-7-6-11-38-23/h7-10,12,15,18,20-21,23,25,36H,11,13-14,16-17H2,1-4H3;6-9,11,14,17,19-20,22,24,33,35H,10,12-13,15-16H2,1-3H3/t18-,20?,21?,23+,25+,29+,30+,31+,32+;17-,19?,20?,22+,24+,27+,28+,29+,30+/m11/s1. The number of carbonyl (C=O) groups excluding carboxylic acids is 7. The Morgan fingerprint density at radius 1 is 0.655 bits per heavy atom. The molecule has 0 bridgehead atoms. The Labute approximate surface area is 491 Å². The van der Waals surface area contributed by atoms with Crippen LogP contribution >= 0.6 is 23.5 Å². The number of alkyl halides is 4. The average molecular weight is 1210 g/mol. The van der Waals surface area contributed by atoms with Crippen LogP contribution in [0.1, 0.15) is 101 Å². The summed E-state index contributed by atoms with van der Waals surface area (Å²) < 4.78 is 98.5. The molecule has 2 aromatic rings. The maximum atomic E-state index is 17.6. The number of fused-ring (bicyclic) bond motifs is 10. The topological polar surface area (TPSA) is 243 Å². The Balaban J connectivity index is 0.000000202. The smallest absolute Gasteiger partial charge is 0.457 e. The van der Waals surface area contributed by atoms with Gasteiger partial charge in [0, 0.05) is 45.3 Å². The third kappa shape index (κ3) is 9.37. The Kier molecular flexibility index (Phi) is 17.0. The molecule has 2 aromatic heterocycles. The van der Waals surface area contributed by atoms with E-state index in [2.05, 4.69) is 28.4 Å². The monoisotopic (exact) mass is 1210 g/mol. The average Bonchev–Trinajstić information content (AvgIpc) is 1.84. The maximum absolute atomic E-state index is 17.6. The molecule has 6 saturated carbocycles. The molecule has 3 N–H and O–H groups in total. The molecule has 8 aliphatic rings. The zero-order valence-corrected chi connectivity index (χ0v) is 48.9. The van der Waals surface area contributed by atoms with Crippen molar-refractivity contribution in [3.05, 3.63) is 95.9 Å². The summed E-state index contributed by atoms with van der Waals surface area (Å²) in [5.41, 5.74) is -14.1. The normalized spacial score (nSPS) is 40.1. The molecule has 10 rings (SSSR count). The molecule has 84 heavy (non-hydrogen) atoms. The number of hydrogen-bond acceptors (Lipinski definition) is 18. The second-order valence-electron chi connectivity index (χ2n) is 24.0. The van der Waals surface area contributed by atoms with Crippen LogP contribution in [-0.4, -0.2) is 134 Å². The summed E-state index contributed by atoms with van der Waals surface area (Å²) in [6, 6.07) is 5.80. The van der Waals surface area contributed by atoms with Gasteiger partial charge in [-0.25, -0.2) is 31.9 Å². The second kappa shape index (κ2) is 22.9. The van der Waals surface area contributed by atoms with Crippen LogP contribution in [0, 0.1) is 80.8 Å². The molecule has 450 valence electrons. The van der Waals surface area contributed by atoms with Crippen molar-refractivity contribution in [1.82, 2.24) is 0 Å². The van der Waals surface area contributed by atoms with Gasteiger partial charge < -0.3 is 43.1 Å². The Bertz CT molecular complexity index is 3250. The third-order valence-electron chi connectivity index (χ3n) is 20.2. The number of thioether (sulfide) groups is 2. The van der Waals surface area contributed by atoms with Crippen molar-refractivity contribution in [3.8, 4) is 23.7 Å². The summed E-state index contributed by atoms with van der Waals surface area (Å²) in [6.07, 6.45) is 1.76. The molecule has 0 radical (unpaired) electrons. The van der Waals surface area contributed by atoms with Crippen molar-refractivity contribution in [2.45, 2.75) is 127 Å². The van der Waals surface area contributed by atoms with Gasteiger partial charge in [-0.15, -0.1) is 0 Å². The Morgan fingerprint density at radius 3 is 1.45 bits per heavy atom. The second-order valence-corrected chi connectivity index (χ2v) is 25.9. The molecule has 0 aliphatic heterocycles. The zero-order chi connectivity index (χ0) is 61.2. The van der Waals surface area contributed by atoms with Crippen LogP contribution in [0.4, 0.5) is 22.4 Å². The van der Waals surface area contributed by atoms with E-state index >= 15 is 17.6 Å². The molecule has 0 amide bonds. The lowest BCUT2D eigenvalue weighted by Crippen LogP contribution is -2.70. The number of carbonyl (C=O) groups is 7. The number of ether oxygens (including phenoxy) is 4. The van der Waals surface area contributed by atoms with E-state index < -0.39 is 144 Å². The van der Waals surface area contributed by atoms with E-state index in [0.717, 1.165) is 42.8 Å². The summed E-state index contributed by atoms with van der Waals surface area (Å²) in [4.78, 5) is 90.3. The third-order valence-corrected chi connectivity index (χ3v) is 21.9. The quantitative estimate of drug-likeness (QED) is 0.0919. The van der Waals surface area contributed by atoms with Crippen LogP contribution in [0.3, 0.4) is 0 Å². The van der Waals surface area contributed by atoms with E-state index in [1.54, 1.807) is 27.7 Å². The summed E-state index contributed by atoms with van der Waals surface area (Å²) in [6.45, 7) is 9.23. The van der Waals surface area contributed by atoms with Gasteiger partial charge in [0.2, 0.25) is 21.8 Å². The van der Waals surface area contributed by atoms with Crippen LogP contribution in [0.5, 0.6) is 0 Å². The number of ketones is 2. The largest absolute Gasteiger partial charge is 0.508 e. The number of allylic oxidation sites excluding steroid dienone is 8. The molecule has 0 saturated heterocycles. The minimum absolute atomic E-state index is 0.00524. The number of hydrogen-bond donors (Lipinski definition) is 3. The van der Waals surface area contributed by atoms with Gasteiger partial charge in [-0.2, -0.15) is 0 Å². The van der Waals surface area contributed by atoms with E-state index in [-0.39, 0.29) is 85.9 Å². The number of aliphatic hydroxyl groups is 3. The highest BCUT2D eigenvalue weighted by Gasteiger charge is 2.80. The molecule has 18 atom stereocenters. The molecular formula is C62H66F4O16S2. The van der Waals surface area contributed by atoms with Crippen molar-refractivity contribution in [2.75, 3.05) is 31.8 Å². The summed E-state index contributed by atoms with van der Waals surface area (Å²) in [5, 5.41) is 31.2. The van der Waals surface area contributed by atoms with E-state index in [0.29, 0.717) is 0 Å². The van der Waals surface area contributed by atoms with Crippen molar-refractivity contribution in [2.24, 2.45) is 57.2 Å². The summed E-state index contributed by atoms with van der Waals surface area (Å²) in [7, 11) is 1.16. The fourth-order valence-corrected chi connectivity index (χ4v) is 18.4. The van der Waals surface area contributed by atoms with Gasteiger partial charge in [-0.3, -0.25) is 19.2 Å². The summed E-state index contributed by atoms with van der Waals surface area (Å²) >= 11 is 1.60. The fraction of sp³-hybridized carbons (Fsp3) is 0.565. The minimum Gasteiger partial charge on any atom is -0.457 e. The number of esters is 2. The van der Waals surface area contributed by atoms with E-state index in [1.807, 2.05) is 0 Å². The molecular weight excluding hydrogens is 1140 g/mol. The van der Waals surface area contributed by atoms with Crippen LogP contribution in [0.25, 0.3) is 0 Å². The first-order chi connectivity index (χ1) is 39.6. The predicted molar refractivity (Wildman–Crippen MR) is 296 cm³/mol. The van der Waals surface area contributed by atoms with E-state index in [9.17, 15) is 43.8 Å². The molecule has 6 fully saturated rings. The van der Waals surface area contributed by atoms with Crippen LogP contribution in [-0.2, 0) is 38.1 Å². The molecule has 0 aromatic carbocycles. The molecule has 4 unspecified atom stereocenters. The van der Waals surface area contributed by atoms with Crippen molar-refractivity contribution in [3.63, 3.8) is 0 Å². The number of furan rings is 2. The van der Waals surface area contributed by atoms with Gasteiger partial charge in [0.1, 0.15) is 19.0 Å². The van der Waals surface area contributed by atoms with Crippen LogP contribution < -0.4 is 0 Å². The SMILES string of the molecule is COC(=O)OCC#CCSC(=O)[C@@]1(OC(=O)c2ccco2)[C@H](C)CC2C3C[C@H](F)C4=CC(=O)C=C[C@]4(C)[C@@]3(F)[C@@H](O)C[C@@]21C.C[C@@H]1CC2C3C[C@H](F)C4=CC(=O)C=C[C@]4(C)[C@@]3(F)[C@@H](O)C[C@]2(C)[C@@]1(OC(=O)c1ccco1)C(=O)SCC#CCO. The Hall–Kier alpha value is -6.17. The van der Waals surface area contributed by atoms with Gasteiger partial charge >= 0.3 is 18.1 Å². The van der Waals surface area contributed by atoms with E-state index in [4.69, 9.17) is 28.2 Å². The first-order valence-electron chi connectivity index (χ1n) is 27.7. The van der Waals surface area contributed by atoms with Crippen molar-refractivity contribution >= 4 is 63.4 Å². The van der Waals surface area contributed by atoms with Crippen molar-refractivity contribution < 1.29 is 94.2 Å². The zero-order valence-electron chi connectivity index (χ0n) is 47.2. The highest BCUT2D eigenvalue weighted by atomic mass is 32.2. The molecule has 0 spiro atoms. The van der Waals surface area contributed by atoms with Crippen LogP contribution in [0.2, 0.25) is 0 Å². The van der Waals surface area contributed by atoms with Gasteiger partial charge in [-0.05, 0) is 124 Å². The minimum atomic E-state index is -2.36. The first kappa shape index (κ1) is 62.4. The molecule has 2 heterocycles. The fourth-order valence-electron chi connectivity index (χ4n) is 16.4. The lowest BCUT2D eigenvalue weighted by Gasteiger charge is -2.63. The Morgan fingerprint density at radius 2 is 1.07 bits per heavy atom. The highest BCUT2D eigenvalue weighted by molar-refractivity contribution is 8.14. The lowest BCUT2D eigenvalue weighted by atomic mass is 9.44. The van der Waals surface area contributed by atoms with Gasteiger partial charge in [0.15, 0.2) is 40.7 Å². The number of rotatable bonds is 9. The first-order valence-corrected chi connectivity index (χ1v) is 29.6. The predicted octanol–water partition coefficient (Wildman–Crippen LogP) is 8.78. The molecule has 16 nitrogen and oxygen atoms in total.